The maximum Gasteiger partial charge on any atom is 0.108 e. The Labute approximate surface area is 111 Å². The Balaban J connectivity index is 4.13. The molecule has 0 fully saturated rings. The first-order valence-electron chi connectivity index (χ1n) is 6.50. The minimum absolute atomic E-state index is 0.135. The third-order valence-corrected chi connectivity index (χ3v) is 2.57. The van der Waals surface area contributed by atoms with Crippen LogP contribution in [-0.2, 0) is 9.47 Å². The average molecular weight is 257 g/mol. The molecule has 0 aromatic rings. The largest absolute Gasteiger partial charge is 0.385 e. The summed E-state index contributed by atoms with van der Waals surface area (Å²) in [6.45, 7) is 8.03. The van der Waals surface area contributed by atoms with E-state index in [-0.39, 0.29) is 6.04 Å². The second kappa shape index (κ2) is 11.4. The quantitative estimate of drug-likeness (QED) is 0.556. The van der Waals surface area contributed by atoms with E-state index in [9.17, 15) is 0 Å². The third-order valence-electron chi connectivity index (χ3n) is 2.57. The maximum absolute atomic E-state index is 9.13. The fourth-order valence-electron chi connectivity index (χ4n) is 1.74. The van der Waals surface area contributed by atoms with Gasteiger partial charge < -0.3 is 9.47 Å². The van der Waals surface area contributed by atoms with Gasteiger partial charge in [0.15, 0.2) is 0 Å². The van der Waals surface area contributed by atoms with E-state index in [0.717, 1.165) is 32.7 Å². The molecule has 0 aromatic heterocycles. The summed E-state index contributed by atoms with van der Waals surface area (Å²) in [5, 5.41) is 12.4. The summed E-state index contributed by atoms with van der Waals surface area (Å²) in [4.78, 5) is 2.24. The number of rotatable bonds is 11. The van der Waals surface area contributed by atoms with E-state index in [4.69, 9.17) is 14.7 Å². The first-order chi connectivity index (χ1) is 8.63. The van der Waals surface area contributed by atoms with Crippen molar-refractivity contribution in [2.45, 2.75) is 32.4 Å². The number of nitrogens with one attached hydrogen (secondary N) is 1. The van der Waals surface area contributed by atoms with Crippen LogP contribution in [0, 0.1) is 11.3 Å². The Hall–Kier alpha value is -0.670. The molecule has 0 radical (unpaired) electrons. The van der Waals surface area contributed by atoms with Gasteiger partial charge in [0.2, 0.25) is 0 Å². The molecular formula is C13H27N3O2. The molecule has 0 aliphatic rings. The zero-order valence-corrected chi connectivity index (χ0v) is 12.1. The first-order valence-corrected chi connectivity index (χ1v) is 6.50. The molecule has 1 atom stereocenters. The average Bonchev–Trinajstić information content (AvgIpc) is 2.34. The molecule has 106 valence electrons. The summed E-state index contributed by atoms with van der Waals surface area (Å²) in [7, 11) is 3.40. The monoisotopic (exact) mass is 257 g/mol. The van der Waals surface area contributed by atoms with Crippen molar-refractivity contribution < 1.29 is 9.47 Å². The van der Waals surface area contributed by atoms with Crippen LogP contribution in [0.3, 0.4) is 0 Å². The molecule has 0 spiro atoms. The second-order valence-electron chi connectivity index (χ2n) is 4.64. The Bertz CT molecular complexity index is 229. The van der Waals surface area contributed by atoms with Gasteiger partial charge in [-0.2, -0.15) is 5.26 Å². The van der Waals surface area contributed by atoms with Crippen molar-refractivity contribution in [3.05, 3.63) is 0 Å². The molecule has 18 heavy (non-hydrogen) atoms. The normalized spacial score (nSPS) is 12.9. The minimum atomic E-state index is -0.135. The van der Waals surface area contributed by atoms with Crippen molar-refractivity contribution in [3.8, 4) is 6.07 Å². The highest BCUT2D eigenvalue weighted by molar-refractivity contribution is 4.93. The number of hydrogen-bond acceptors (Lipinski definition) is 5. The highest BCUT2D eigenvalue weighted by Crippen LogP contribution is 1.97. The fraction of sp³-hybridized carbons (Fsp3) is 0.923. The van der Waals surface area contributed by atoms with Crippen molar-refractivity contribution in [2.75, 3.05) is 47.1 Å². The summed E-state index contributed by atoms with van der Waals surface area (Å²) in [6.07, 6.45) is 0.972. The van der Waals surface area contributed by atoms with Crippen LogP contribution < -0.4 is 5.32 Å². The lowest BCUT2D eigenvalue weighted by Crippen LogP contribution is -2.44. The maximum atomic E-state index is 9.13. The summed E-state index contributed by atoms with van der Waals surface area (Å²) in [5.41, 5.74) is 0. The lowest BCUT2D eigenvalue weighted by Gasteiger charge is -2.25. The summed E-state index contributed by atoms with van der Waals surface area (Å²) in [6, 6.07) is 2.49. The molecule has 0 aliphatic heterocycles. The van der Waals surface area contributed by atoms with Crippen molar-refractivity contribution in [1.29, 1.82) is 5.26 Å². The van der Waals surface area contributed by atoms with Gasteiger partial charge >= 0.3 is 0 Å². The van der Waals surface area contributed by atoms with Gasteiger partial charge in [0.05, 0.1) is 12.7 Å². The van der Waals surface area contributed by atoms with E-state index in [0.29, 0.717) is 12.6 Å². The molecule has 0 amide bonds. The van der Waals surface area contributed by atoms with Gasteiger partial charge in [-0.05, 0) is 20.3 Å². The van der Waals surface area contributed by atoms with Crippen molar-refractivity contribution >= 4 is 0 Å². The topological polar surface area (TPSA) is 57.5 Å². The van der Waals surface area contributed by atoms with Crippen LogP contribution in [0.2, 0.25) is 0 Å². The zero-order valence-electron chi connectivity index (χ0n) is 12.1. The van der Waals surface area contributed by atoms with E-state index in [1.165, 1.54) is 0 Å². The molecule has 0 bridgehead atoms. The fourth-order valence-corrected chi connectivity index (χ4v) is 1.74. The molecule has 0 rings (SSSR count). The van der Waals surface area contributed by atoms with E-state index in [1.54, 1.807) is 14.2 Å². The van der Waals surface area contributed by atoms with Gasteiger partial charge in [-0.15, -0.1) is 0 Å². The van der Waals surface area contributed by atoms with E-state index < -0.39 is 0 Å². The first kappa shape index (κ1) is 17.3. The Morgan fingerprint density at radius 2 is 1.83 bits per heavy atom. The van der Waals surface area contributed by atoms with Gasteiger partial charge in [0, 0.05) is 46.5 Å². The van der Waals surface area contributed by atoms with Crippen LogP contribution in [0.5, 0.6) is 0 Å². The molecule has 0 saturated heterocycles. The lowest BCUT2D eigenvalue weighted by molar-refractivity contribution is 0.129. The predicted molar refractivity (Wildman–Crippen MR) is 72.5 cm³/mol. The molecule has 0 aliphatic carbocycles. The van der Waals surface area contributed by atoms with Crippen molar-refractivity contribution in [2.24, 2.45) is 0 Å². The summed E-state index contributed by atoms with van der Waals surface area (Å²) >= 11 is 0. The molecule has 0 heterocycles. The van der Waals surface area contributed by atoms with Gasteiger partial charge in [-0.1, -0.05) is 0 Å². The van der Waals surface area contributed by atoms with Crippen LogP contribution in [-0.4, -0.2) is 64.1 Å². The highest BCUT2D eigenvalue weighted by atomic mass is 16.5. The third kappa shape index (κ3) is 9.37. The molecular weight excluding hydrogens is 230 g/mol. The Morgan fingerprint density at radius 1 is 1.17 bits per heavy atom. The minimum Gasteiger partial charge on any atom is -0.385 e. The molecule has 1 unspecified atom stereocenters. The standard InChI is InChI=1S/C13H27N3O2/c1-12(2)15-13(10-14)11-16(7-9-18-4)6-5-8-17-3/h12-13,15H,5-9,11H2,1-4H3. The van der Waals surface area contributed by atoms with Gasteiger partial charge in [0.1, 0.15) is 6.04 Å². The SMILES string of the molecule is COCCCN(CCOC)CC(C#N)NC(C)C. The molecule has 5 nitrogen and oxygen atoms in total. The van der Waals surface area contributed by atoms with Crippen LogP contribution in [0.1, 0.15) is 20.3 Å². The number of methoxy groups -OCH3 is 2. The van der Waals surface area contributed by atoms with Gasteiger partial charge in [-0.25, -0.2) is 0 Å². The van der Waals surface area contributed by atoms with Crippen LogP contribution in [0.4, 0.5) is 0 Å². The number of hydrogen-bond donors (Lipinski definition) is 1. The Morgan fingerprint density at radius 3 is 2.33 bits per heavy atom. The second-order valence-corrected chi connectivity index (χ2v) is 4.64. The van der Waals surface area contributed by atoms with Gasteiger partial charge in [-0.3, -0.25) is 10.2 Å². The lowest BCUT2D eigenvalue weighted by atomic mass is 10.2. The summed E-state index contributed by atoms with van der Waals surface area (Å²) in [5.74, 6) is 0. The van der Waals surface area contributed by atoms with E-state index in [1.807, 2.05) is 0 Å². The summed E-state index contributed by atoms with van der Waals surface area (Å²) < 4.78 is 10.2. The zero-order chi connectivity index (χ0) is 13.8. The van der Waals surface area contributed by atoms with Gasteiger partial charge in [0.25, 0.3) is 0 Å². The number of ether oxygens (including phenoxy) is 2. The highest BCUT2D eigenvalue weighted by Gasteiger charge is 2.14. The van der Waals surface area contributed by atoms with Crippen LogP contribution in [0.15, 0.2) is 0 Å². The number of nitriles is 1. The van der Waals surface area contributed by atoms with Crippen LogP contribution in [0.25, 0.3) is 0 Å². The van der Waals surface area contributed by atoms with Crippen molar-refractivity contribution in [1.82, 2.24) is 10.2 Å². The van der Waals surface area contributed by atoms with Crippen molar-refractivity contribution in [3.63, 3.8) is 0 Å². The predicted octanol–water partition coefficient (Wildman–Crippen LogP) is 0.861. The Kier molecular flexibility index (Phi) is 11.0. The van der Waals surface area contributed by atoms with Crippen LogP contribution >= 0.6 is 0 Å². The smallest absolute Gasteiger partial charge is 0.108 e. The molecule has 1 N–H and O–H groups in total. The van der Waals surface area contributed by atoms with E-state index >= 15 is 0 Å². The molecule has 0 saturated carbocycles. The molecule has 5 heteroatoms. The molecule has 0 aromatic carbocycles. The number of nitrogens with zero attached hydrogens (tertiary/aromatic N) is 2. The van der Waals surface area contributed by atoms with E-state index in [2.05, 4.69) is 30.1 Å².